The molecule has 4 unspecified atom stereocenters. The maximum absolute atomic E-state index is 12.8. The smallest absolute Gasteiger partial charge is 0.361 e. The molecule has 1 aliphatic heterocycles. The highest BCUT2D eigenvalue weighted by Gasteiger charge is 2.54. The molecular weight excluding hydrogens is 543 g/mol. The van der Waals surface area contributed by atoms with Gasteiger partial charge < -0.3 is 34.7 Å². The molecule has 0 amide bonds. The van der Waals surface area contributed by atoms with E-state index in [1.165, 1.54) is 31.9 Å². The number of nitrogens with zero attached hydrogens (tertiary/aromatic N) is 4. The first-order valence-corrected chi connectivity index (χ1v) is 14.9. The molecule has 0 spiro atoms. The van der Waals surface area contributed by atoms with E-state index in [1.54, 1.807) is 6.92 Å². The van der Waals surface area contributed by atoms with Crippen molar-refractivity contribution in [2.24, 2.45) is 0 Å². The fourth-order valence-corrected chi connectivity index (χ4v) is 5.72. The van der Waals surface area contributed by atoms with E-state index in [0.29, 0.717) is 0 Å². The molecule has 214 valence electrons. The third-order valence-electron chi connectivity index (χ3n) is 6.25. The molecule has 3 heterocycles. The molecule has 16 heteroatoms. The van der Waals surface area contributed by atoms with Crippen LogP contribution in [0.4, 0.5) is 5.95 Å². The maximum Gasteiger partial charge on any atom is 0.361 e. The predicted octanol–water partition coefficient (Wildman–Crippen LogP) is 2.28. The number of nitrogens with two attached hydrogens (primary N) is 1. The number of methoxy groups -OCH3 is 1. The Morgan fingerprint density at radius 2 is 2.11 bits per heavy atom. The minimum Gasteiger partial charge on any atom is -0.479 e. The van der Waals surface area contributed by atoms with Crippen molar-refractivity contribution in [2.75, 3.05) is 19.5 Å². The molecular formula is C22H36ClN6O8P. The van der Waals surface area contributed by atoms with E-state index in [1.807, 2.05) is 0 Å². The standard InChI is InChI=1S/C22H36ClN6O8P/c1-6-7-8-9-12(2)36-19(31)13(3)28-38(23,33)35-10-14-16(30)22(4,32)20(37-14)29-11-25-15-17(29)26-21(24)27-18(15)34-5/h11-14,16,20,30,32H,6-10H2,1-5H3,(H,28,33)(H2,24,26,27)/t12?,13-,14?,16+,20?,22+,38?/m0/s1. The van der Waals surface area contributed by atoms with Crippen molar-refractivity contribution in [3.05, 3.63) is 6.33 Å². The summed E-state index contributed by atoms with van der Waals surface area (Å²) >= 11 is 6.03. The number of nitrogens with one attached hydrogen (secondary N) is 1. The van der Waals surface area contributed by atoms with Crippen molar-refractivity contribution in [2.45, 2.75) is 89.6 Å². The van der Waals surface area contributed by atoms with E-state index in [0.717, 1.165) is 25.7 Å². The summed E-state index contributed by atoms with van der Waals surface area (Å²) in [5.41, 5.74) is 4.39. The molecule has 1 fully saturated rings. The number of aromatic nitrogens is 4. The Balaban J connectivity index is 1.64. The summed E-state index contributed by atoms with van der Waals surface area (Å²) < 4.78 is 35.9. The summed E-state index contributed by atoms with van der Waals surface area (Å²) in [6, 6.07) is -1.02. The molecule has 3 rings (SSSR count). The number of ether oxygens (including phenoxy) is 3. The van der Waals surface area contributed by atoms with E-state index in [2.05, 4.69) is 27.0 Å². The number of fused-ring (bicyclic) bond motifs is 1. The Labute approximate surface area is 225 Å². The van der Waals surface area contributed by atoms with E-state index < -0.39 is 49.5 Å². The van der Waals surface area contributed by atoms with Gasteiger partial charge in [-0.1, -0.05) is 19.8 Å². The number of hydrogen-bond donors (Lipinski definition) is 4. The van der Waals surface area contributed by atoms with Crippen molar-refractivity contribution < 1.29 is 38.3 Å². The van der Waals surface area contributed by atoms with Crippen LogP contribution in [0.25, 0.3) is 11.2 Å². The Bertz CT molecular complexity index is 1170. The number of imidazole rings is 1. The lowest BCUT2D eigenvalue weighted by Gasteiger charge is -2.27. The zero-order valence-corrected chi connectivity index (χ0v) is 23.7. The van der Waals surface area contributed by atoms with Crippen LogP contribution >= 0.6 is 18.1 Å². The number of nitrogen functional groups attached to an aromatic ring is 1. The zero-order valence-electron chi connectivity index (χ0n) is 22.0. The molecule has 2 aromatic heterocycles. The summed E-state index contributed by atoms with van der Waals surface area (Å²) in [5.74, 6) is -0.588. The number of hydrogen-bond acceptors (Lipinski definition) is 12. The third-order valence-corrected chi connectivity index (χ3v) is 8.01. The van der Waals surface area contributed by atoms with Gasteiger partial charge in [0.2, 0.25) is 11.8 Å². The van der Waals surface area contributed by atoms with Gasteiger partial charge in [0.1, 0.15) is 23.9 Å². The van der Waals surface area contributed by atoms with Crippen LogP contribution in [0, 0.1) is 0 Å². The predicted molar refractivity (Wildman–Crippen MR) is 139 cm³/mol. The quantitative estimate of drug-likeness (QED) is 0.154. The van der Waals surface area contributed by atoms with Gasteiger partial charge in [0.25, 0.3) is 0 Å². The SMILES string of the molecule is CCCCCC(C)OC(=O)[C@H](C)NP(=O)(Cl)OCC1OC(n2cnc3c(OC)nc(N)nc32)[C@](C)(O)[C@@H]1O. The number of halogens is 1. The van der Waals surface area contributed by atoms with Crippen LogP contribution in [-0.2, 0) is 23.4 Å². The van der Waals surface area contributed by atoms with Gasteiger partial charge in [-0.2, -0.15) is 9.97 Å². The lowest BCUT2D eigenvalue weighted by atomic mass is 9.96. The van der Waals surface area contributed by atoms with Crippen molar-refractivity contribution >= 4 is 41.2 Å². The topological polar surface area (TPSA) is 193 Å². The molecule has 0 saturated carbocycles. The van der Waals surface area contributed by atoms with Crippen molar-refractivity contribution in [3.8, 4) is 5.88 Å². The van der Waals surface area contributed by atoms with E-state index in [9.17, 15) is 19.6 Å². The lowest BCUT2D eigenvalue weighted by molar-refractivity contribution is -0.150. The average Bonchev–Trinajstić information content (AvgIpc) is 3.35. The van der Waals surface area contributed by atoms with Gasteiger partial charge >= 0.3 is 12.8 Å². The first-order valence-electron chi connectivity index (χ1n) is 12.3. The Morgan fingerprint density at radius 3 is 2.76 bits per heavy atom. The molecule has 1 saturated heterocycles. The molecule has 0 aliphatic carbocycles. The highest BCUT2D eigenvalue weighted by atomic mass is 35.7. The lowest BCUT2D eigenvalue weighted by Crippen LogP contribution is -2.44. The van der Waals surface area contributed by atoms with Gasteiger partial charge in [-0.05, 0) is 44.9 Å². The van der Waals surface area contributed by atoms with Gasteiger partial charge in [-0.3, -0.25) is 13.9 Å². The van der Waals surface area contributed by atoms with Crippen LogP contribution in [0.15, 0.2) is 6.33 Å². The molecule has 14 nitrogen and oxygen atoms in total. The van der Waals surface area contributed by atoms with E-state index in [-0.39, 0.29) is 29.1 Å². The summed E-state index contributed by atoms with van der Waals surface area (Å²) in [6.07, 6.45) is 0.973. The summed E-state index contributed by atoms with van der Waals surface area (Å²) in [4.78, 5) is 24.7. The number of aliphatic hydroxyl groups is 2. The first kappa shape index (κ1) is 30.5. The minimum atomic E-state index is -4.05. The Kier molecular flexibility index (Phi) is 9.96. The van der Waals surface area contributed by atoms with E-state index in [4.69, 9.17) is 35.7 Å². The zero-order chi connectivity index (χ0) is 28.3. The summed E-state index contributed by atoms with van der Waals surface area (Å²) in [7, 11) is 1.40. The molecule has 0 radical (unpaired) electrons. The van der Waals surface area contributed by atoms with Crippen LogP contribution < -0.4 is 15.6 Å². The molecule has 1 aliphatic rings. The number of carbonyl (C=O) groups excluding carboxylic acids is 1. The van der Waals surface area contributed by atoms with Gasteiger partial charge in [0, 0.05) is 0 Å². The maximum atomic E-state index is 12.8. The van der Waals surface area contributed by atoms with Crippen molar-refractivity contribution in [1.29, 1.82) is 0 Å². The van der Waals surface area contributed by atoms with Crippen LogP contribution in [0.3, 0.4) is 0 Å². The Morgan fingerprint density at radius 1 is 1.39 bits per heavy atom. The largest absolute Gasteiger partial charge is 0.479 e. The molecule has 5 N–H and O–H groups in total. The number of aliphatic hydroxyl groups excluding tert-OH is 1. The van der Waals surface area contributed by atoms with Gasteiger partial charge in [0.05, 0.1) is 26.1 Å². The normalized spacial score (nSPS) is 26.7. The number of rotatable bonds is 13. The first-order chi connectivity index (χ1) is 17.8. The molecule has 38 heavy (non-hydrogen) atoms. The van der Waals surface area contributed by atoms with Crippen molar-refractivity contribution in [1.82, 2.24) is 24.6 Å². The number of unbranched alkanes of at least 4 members (excludes halogenated alkanes) is 2. The summed E-state index contributed by atoms with van der Waals surface area (Å²) in [5, 5.41) is 24.3. The third kappa shape index (κ3) is 6.92. The van der Waals surface area contributed by atoms with Crippen LogP contribution in [-0.4, -0.2) is 79.4 Å². The van der Waals surface area contributed by atoms with Crippen LogP contribution in [0.5, 0.6) is 5.88 Å². The second-order valence-corrected chi connectivity index (χ2v) is 12.3. The Hall–Kier alpha value is -2.06. The van der Waals surface area contributed by atoms with Gasteiger partial charge in [-0.25, -0.2) is 10.1 Å². The second kappa shape index (κ2) is 12.4. The fourth-order valence-electron chi connectivity index (χ4n) is 4.13. The number of esters is 1. The molecule has 0 aromatic carbocycles. The number of anilines is 1. The highest BCUT2D eigenvalue weighted by molar-refractivity contribution is 7.83. The van der Waals surface area contributed by atoms with Gasteiger partial charge in [0.15, 0.2) is 17.4 Å². The average molecular weight is 579 g/mol. The van der Waals surface area contributed by atoms with E-state index >= 15 is 0 Å². The molecule has 0 bridgehead atoms. The second-order valence-electron chi connectivity index (χ2n) is 9.48. The minimum absolute atomic E-state index is 0.0914. The highest BCUT2D eigenvalue weighted by Crippen LogP contribution is 2.50. The fraction of sp³-hybridized carbons (Fsp3) is 0.727. The van der Waals surface area contributed by atoms with Crippen LogP contribution in [0.1, 0.15) is 59.6 Å². The summed E-state index contributed by atoms with van der Waals surface area (Å²) in [6.45, 7) is 2.16. The van der Waals surface area contributed by atoms with Crippen LogP contribution in [0.2, 0.25) is 0 Å². The molecule has 2 aromatic rings. The molecule has 7 atom stereocenters. The van der Waals surface area contributed by atoms with Gasteiger partial charge in [-0.15, -0.1) is 0 Å². The monoisotopic (exact) mass is 578 g/mol. The number of carbonyl (C=O) groups is 1. The van der Waals surface area contributed by atoms with Crippen molar-refractivity contribution in [3.63, 3.8) is 0 Å².